The van der Waals surface area contributed by atoms with Gasteiger partial charge in [-0.1, -0.05) is 18.2 Å². The lowest BCUT2D eigenvalue weighted by Gasteiger charge is -2.12. The summed E-state index contributed by atoms with van der Waals surface area (Å²) >= 11 is 0. The topological polar surface area (TPSA) is 101 Å². The number of rotatable bonds is 7. The van der Waals surface area contributed by atoms with Gasteiger partial charge in [-0.2, -0.15) is 0 Å². The number of phenols is 1. The van der Waals surface area contributed by atoms with Crippen LogP contribution >= 0.6 is 0 Å². The molecule has 1 aromatic carbocycles. The summed E-state index contributed by atoms with van der Waals surface area (Å²) in [5.41, 5.74) is 1.81. The minimum Gasteiger partial charge on any atom is -0.548 e. The molecule has 0 aliphatic heterocycles. The number of imidazole rings is 1. The Labute approximate surface area is 127 Å². The standard InChI is InChI=1S/C16H17N3O3/c1-2-4-11-5-3-6-12(15(11)20)8-18-14(16(21)22)7-13-9-17-10-19-13/h2-3,5-6,8-10,14,20H,1,4,7H2,(H,17,19)(H,21,22)/p-1/t14-/m1/s1. The van der Waals surface area contributed by atoms with E-state index in [1.807, 2.05) is 0 Å². The first kappa shape index (κ1) is 15.5. The Morgan fingerprint density at radius 2 is 2.36 bits per heavy atom. The maximum absolute atomic E-state index is 11.2. The molecular formula is C16H16N3O3-. The number of phenolic OH excluding ortho intramolecular Hbond substituents is 1. The Kier molecular flexibility index (Phi) is 5.08. The second kappa shape index (κ2) is 7.21. The number of nitrogens with one attached hydrogen (secondary N) is 1. The minimum atomic E-state index is -1.28. The van der Waals surface area contributed by atoms with E-state index < -0.39 is 12.0 Å². The van der Waals surface area contributed by atoms with Crippen LogP contribution in [0.2, 0.25) is 0 Å². The summed E-state index contributed by atoms with van der Waals surface area (Å²) in [5.74, 6) is -1.21. The van der Waals surface area contributed by atoms with Gasteiger partial charge in [-0.25, -0.2) is 4.98 Å². The second-order valence-corrected chi connectivity index (χ2v) is 4.74. The van der Waals surface area contributed by atoms with Crippen LogP contribution in [0.3, 0.4) is 0 Å². The number of para-hydroxylation sites is 1. The maximum atomic E-state index is 11.2. The number of benzene rings is 1. The lowest BCUT2D eigenvalue weighted by molar-refractivity contribution is -0.307. The van der Waals surface area contributed by atoms with E-state index in [1.165, 1.54) is 18.7 Å². The van der Waals surface area contributed by atoms with Crippen LogP contribution in [-0.4, -0.2) is 33.3 Å². The molecule has 0 saturated heterocycles. The number of aromatic nitrogens is 2. The molecule has 1 atom stereocenters. The highest BCUT2D eigenvalue weighted by atomic mass is 16.4. The van der Waals surface area contributed by atoms with Gasteiger partial charge in [-0.05, 0) is 18.1 Å². The first-order valence-corrected chi connectivity index (χ1v) is 6.75. The van der Waals surface area contributed by atoms with Gasteiger partial charge in [0.1, 0.15) is 5.75 Å². The van der Waals surface area contributed by atoms with Crippen molar-refractivity contribution in [1.29, 1.82) is 0 Å². The van der Waals surface area contributed by atoms with E-state index in [1.54, 1.807) is 24.3 Å². The zero-order valence-electron chi connectivity index (χ0n) is 11.9. The molecule has 2 rings (SSSR count). The molecule has 114 valence electrons. The molecule has 22 heavy (non-hydrogen) atoms. The number of aliphatic imine (C=N–C) groups is 1. The first-order valence-electron chi connectivity index (χ1n) is 6.75. The van der Waals surface area contributed by atoms with Gasteiger partial charge < -0.3 is 20.0 Å². The summed E-state index contributed by atoms with van der Waals surface area (Å²) in [6, 6.07) is 4.15. The monoisotopic (exact) mass is 298 g/mol. The molecule has 0 aliphatic carbocycles. The third-order valence-electron chi connectivity index (χ3n) is 3.15. The van der Waals surface area contributed by atoms with Crippen LogP contribution in [0, 0.1) is 0 Å². The molecule has 2 N–H and O–H groups in total. The normalized spacial score (nSPS) is 12.4. The molecule has 0 bridgehead atoms. The molecule has 0 fully saturated rings. The van der Waals surface area contributed by atoms with Crippen molar-refractivity contribution >= 4 is 12.2 Å². The Balaban J connectivity index is 2.19. The number of carboxylic acids is 1. The maximum Gasteiger partial charge on any atom is 0.127 e. The van der Waals surface area contributed by atoms with Gasteiger partial charge >= 0.3 is 0 Å². The number of aromatic hydroxyl groups is 1. The van der Waals surface area contributed by atoms with Crippen LogP contribution in [0.4, 0.5) is 0 Å². The average molecular weight is 298 g/mol. The van der Waals surface area contributed by atoms with Gasteiger partial charge in [0.25, 0.3) is 0 Å². The van der Waals surface area contributed by atoms with Crippen molar-refractivity contribution < 1.29 is 15.0 Å². The molecule has 6 heteroatoms. The Morgan fingerprint density at radius 3 is 3.00 bits per heavy atom. The number of hydrogen-bond donors (Lipinski definition) is 2. The molecular weight excluding hydrogens is 282 g/mol. The lowest BCUT2D eigenvalue weighted by Crippen LogP contribution is -2.36. The molecule has 0 spiro atoms. The molecule has 0 amide bonds. The number of aromatic amines is 1. The number of hydrogen-bond acceptors (Lipinski definition) is 5. The number of carbonyl (C=O) groups excluding carboxylic acids is 1. The van der Waals surface area contributed by atoms with Gasteiger partial charge in [-0.15, -0.1) is 6.58 Å². The quantitative estimate of drug-likeness (QED) is 0.578. The summed E-state index contributed by atoms with van der Waals surface area (Å²) in [7, 11) is 0. The SMILES string of the molecule is C=CCc1cccc(C=N[C@H](Cc2cnc[nH]2)C(=O)[O-])c1O. The van der Waals surface area contributed by atoms with Gasteiger partial charge in [0.2, 0.25) is 0 Å². The zero-order chi connectivity index (χ0) is 15.9. The van der Waals surface area contributed by atoms with Crippen molar-refractivity contribution in [3.63, 3.8) is 0 Å². The predicted molar refractivity (Wildman–Crippen MR) is 80.7 cm³/mol. The molecule has 6 nitrogen and oxygen atoms in total. The van der Waals surface area contributed by atoms with Crippen molar-refractivity contribution in [2.24, 2.45) is 4.99 Å². The van der Waals surface area contributed by atoms with Gasteiger partial charge in [-0.3, -0.25) is 4.99 Å². The average Bonchev–Trinajstić information content (AvgIpc) is 2.99. The zero-order valence-corrected chi connectivity index (χ0v) is 11.9. The molecule has 0 aliphatic rings. The third kappa shape index (κ3) is 3.82. The van der Waals surface area contributed by atoms with E-state index in [2.05, 4.69) is 21.5 Å². The lowest BCUT2D eigenvalue weighted by atomic mass is 10.1. The largest absolute Gasteiger partial charge is 0.548 e. The molecule has 2 aromatic rings. The fraction of sp³-hybridized carbons (Fsp3) is 0.188. The molecule has 1 heterocycles. The van der Waals surface area contributed by atoms with Crippen LogP contribution in [0.1, 0.15) is 16.8 Å². The minimum absolute atomic E-state index is 0.0739. The van der Waals surface area contributed by atoms with E-state index >= 15 is 0 Å². The summed E-state index contributed by atoms with van der Waals surface area (Å²) < 4.78 is 0. The van der Waals surface area contributed by atoms with Crippen LogP contribution in [0.15, 0.2) is 48.4 Å². The summed E-state index contributed by atoms with van der Waals surface area (Å²) in [5, 5.41) is 21.3. The Bertz CT molecular complexity index is 678. The summed E-state index contributed by atoms with van der Waals surface area (Å²) in [4.78, 5) is 21.8. The highest BCUT2D eigenvalue weighted by Gasteiger charge is 2.10. The van der Waals surface area contributed by atoms with Crippen molar-refractivity contribution in [1.82, 2.24) is 9.97 Å². The van der Waals surface area contributed by atoms with Crippen LogP contribution in [-0.2, 0) is 17.6 Å². The van der Waals surface area contributed by atoms with Gasteiger partial charge in [0.05, 0.1) is 18.3 Å². The predicted octanol–water partition coefficient (Wildman–Crippen LogP) is 0.624. The first-order chi connectivity index (χ1) is 10.6. The van der Waals surface area contributed by atoms with Crippen LogP contribution < -0.4 is 5.11 Å². The van der Waals surface area contributed by atoms with Crippen molar-refractivity contribution in [3.8, 4) is 5.75 Å². The molecule has 0 radical (unpaired) electrons. The molecule has 0 unspecified atom stereocenters. The molecule has 0 saturated carbocycles. The number of aliphatic carboxylic acids is 1. The van der Waals surface area contributed by atoms with E-state index in [0.29, 0.717) is 23.2 Å². The van der Waals surface area contributed by atoms with Crippen molar-refractivity contribution in [2.45, 2.75) is 18.9 Å². The third-order valence-corrected chi connectivity index (χ3v) is 3.15. The fourth-order valence-corrected chi connectivity index (χ4v) is 2.01. The van der Waals surface area contributed by atoms with E-state index in [0.717, 1.165) is 0 Å². The van der Waals surface area contributed by atoms with Crippen molar-refractivity contribution in [3.05, 3.63) is 60.2 Å². The number of carboxylic acid groups (broad SMARTS) is 1. The van der Waals surface area contributed by atoms with Crippen LogP contribution in [0.25, 0.3) is 0 Å². The smallest absolute Gasteiger partial charge is 0.127 e. The number of carbonyl (C=O) groups is 1. The van der Waals surface area contributed by atoms with E-state index in [4.69, 9.17) is 0 Å². The van der Waals surface area contributed by atoms with Crippen LogP contribution in [0.5, 0.6) is 5.75 Å². The highest BCUT2D eigenvalue weighted by Crippen LogP contribution is 2.21. The number of H-pyrrole nitrogens is 1. The van der Waals surface area contributed by atoms with E-state index in [9.17, 15) is 15.0 Å². The Hall–Kier alpha value is -2.89. The number of allylic oxidation sites excluding steroid dienone is 1. The summed E-state index contributed by atoms with van der Waals surface area (Å²) in [6.07, 6.45) is 6.69. The Morgan fingerprint density at radius 1 is 1.55 bits per heavy atom. The second-order valence-electron chi connectivity index (χ2n) is 4.74. The van der Waals surface area contributed by atoms with Gasteiger partial charge in [0, 0.05) is 30.1 Å². The van der Waals surface area contributed by atoms with Gasteiger partial charge in [0.15, 0.2) is 0 Å². The van der Waals surface area contributed by atoms with E-state index in [-0.39, 0.29) is 12.2 Å². The van der Waals surface area contributed by atoms with Crippen molar-refractivity contribution in [2.75, 3.05) is 0 Å². The summed E-state index contributed by atoms with van der Waals surface area (Å²) in [6.45, 7) is 3.63. The fourth-order valence-electron chi connectivity index (χ4n) is 2.01. The number of nitrogens with zero attached hydrogens (tertiary/aromatic N) is 2. The molecule has 1 aromatic heterocycles. The highest BCUT2D eigenvalue weighted by molar-refractivity contribution is 5.86.